The molecule has 1 fully saturated rings. The second-order valence-electron chi connectivity index (χ2n) is 4.09. The molecule has 2 rings (SSSR count). The van der Waals surface area contributed by atoms with Gasteiger partial charge in [0, 0.05) is 19.3 Å². The number of carbonyl (C=O) groups excluding carboxylic acids is 1. The van der Waals surface area contributed by atoms with E-state index in [2.05, 4.69) is 15.6 Å². The third-order valence-corrected chi connectivity index (χ3v) is 2.70. The van der Waals surface area contributed by atoms with Crippen molar-refractivity contribution in [2.75, 3.05) is 25.0 Å². The fraction of sp³-hybridized carbons (Fsp3) is 0.500. The van der Waals surface area contributed by atoms with Crippen LogP contribution in [-0.4, -0.2) is 36.7 Å². The largest absolute Gasteiger partial charge is 0.375 e. The summed E-state index contributed by atoms with van der Waals surface area (Å²) in [5.41, 5.74) is 1.59. The zero-order valence-electron chi connectivity index (χ0n) is 10.7. The van der Waals surface area contributed by atoms with E-state index in [9.17, 15) is 4.79 Å². The lowest BCUT2D eigenvalue weighted by Gasteiger charge is -2.23. The van der Waals surface area contributed by atoms with E-state index in [4.69, 9.17) is 4.74 Å². The van der Waals surface area contributed by atoms with Gasteiger partial charge in [0.05, 0.1) is 30.5 Å². The first-order valence-electron chi connectivity index (χ1n) is 5.79. The maximum absolute atomic E-state index is 11.8. The zero-order valence-corrected chi connectivity index (χ0v) is 12.4. The summed E-state index contributed by atoms with van der Waals surface area (Å²) >= 11 is 0. The van der Waals surface area contributed by atoms with Crippen LogP contribution in [0.3, 0.4) is 0 Å². The molecule has 1 aromatic rings. The van der Waals surface area contributed by atoms with Crippen LogP contribution in [0.1, 0.15) is 12.1 Å². The van der Waals surface area contributed by atoms with Crippen molar-refractivity contribution in [2.24, 2.45) is 0 Å². The molecule has 0 saturated carbocycles. The Labute approximate surface area is 125 Å². The Kier molecular flexibility index (Phi) is 8.67. The predicted molar refractivity (Wildman–Crippen MR) is 79.3 cm³/mol. The number of carbonyl (C=O) groups is 1. The van der Waals surface area contributed by atoms with Crippen LogP contribution in [0.2, 0.25) is 0 Å². The molecule has 1 aromatic heterocycles. The number of pyridine rings is 1. The second kappa shape index (κ2) is 9.09. The first kappa shape index (κ1) is 18.1. The second-order valence-corrected chi connectivity index (χ2v) is 4.09. The van der Waals surface area contributed by atoms with Gasteiger partial charge in [-0.15, -0.1) is 24.8 Å². The molecule has 2 N–H and O–H groups in total. The van der Waals surface area contributed by atoms with E-state index in [0.29, 0.717) is 13.0 Å². The summed E-state index contributed by atoms with van der Waals surface area (Å²) < 4.78 is 5.48. The summed E-state index contributed by atoms with van der Waals surface area (Å²) in [6.07, 6.45) is 2.06. The molecule has 2 heterocycles. The summed E-state index contributed by atoms with van der Waals surface area (Å²) in [6, 6.07) is 3.65. The summed E-state index contributed by atoms with van der Waals surface area (Å²) in [5, 5.41) is 6.05. The van der Waals surface area contributed by atoms with Gasteiger partial charge in [-0.05, 0) is 19.1 Å². The van der Waals surface area contributed by atoms with Crippen LogP contribution in [-0.2, 0) is 9.53 Å². The SMILES string of the molecule is Cc1ncccc1NC(=O)CC1CNCCO1.Cl.Cl. The Morgan fingerprint density at radius 1 is 1.58 bits per heavy atom. The van der Waals surface area contributed by atoms with Crippen molar-refractivity contribution in [3.8, 4) is 0 Å². The summed E-state index contributed by atoms with van der Waals surface area (Å²) in [7, 11) is 0. The average molecular weight is 308 g/mol. The van der Waals surface area contributed by atoms with E-state index in [0.717, 1.165) is 24.5 Å². The molecule has 108 valence electrons. The van der Waals surface area contributed by atoms with Gasteiger partial charge in [-0.25, -0.2) is 0 Å². The first-order valence-corrected chi connectivity index (χ1v) is 5.79. The molecule has 0 spiro atoms. The van der Waals surface area contributed by atoms with Gasteiger partial charge in [0.1, 0.15) is 0 Å². The molecule has 5 nitrogen and oxygen atoms in total. The number of nitrogens with one attached hydrogen (secondary N) is 2. The maximum atomic E-state index is 11.8. The Morgan fingerprint density at radius 3 is 3.00 bits per heavy atom. The Hall–Kier alpha value is -0.880. The quantitative estimate of drug-likeness (QED) is 0.889. The first-order chi connectivity index (χ1) is 8.25. The summed E-state index contributed by atoms with van der Waals surface area (Å²) in [5.74, 6) is -0.0326. The van der Waals surface area contributed by atoms with E-state index in [1.165, 1.54) is 0 Å². The highest BCUT2D eigenvalue weighted by Crippen LogP contribution is 2.11. The van der Waals surface area contributed by atoms with Crippen molar-refractivity contribution in [3.63, 3.8) is 0 Å². The van der Waals surface area contributed by atoms with Crippen molar-refractivity contribution in [2.45, 2.75) is 19.4 Å². The number of ether oxygens (including phenoxy) is 1. The highest BCUT2D eigenvalue weighted by atomic mass is 35.5. The van der Waals surface area contributed by atoms with Crippen molar-refractivity contribution in [1.82, 2.24) is 10.3 Å². The minimum Gasteiger partial charge on any atom is -0.375 e. The molecule has 1 unspecified atom stereocenters. The maximum Gasteiger partial charge on any atom is 0.227 e. The van der Waals surface area contributed by atoms with Gasteiger partial charge in [0.25, 0.3) is 0 Å². The van der Waals surface area contributed by atoms with E-state index in [1.54, 1.807) is 12.3 Å². The minimum absolute atomic E-state index is 0. The lowest BCUT2D eigenvalue weighted by atomic mass is 10.2. The monoisotopic (exact) mass is 307 g/mol. The molecular formula is C12H19Cl2N3O2. The number of aromatic nitrogens is 1. The predicted octanol–water partition coefficient (Wildman–Crippen LogP) is 1.55. The molecule has 1 atom stereocenters. The summed E-state index contributed by atoms with van der Waals surface area (Å²) in [4.78, 5) is 15.9. The van der Waals surface area contributed by atoms with E-state index in [1.807, 2.05) is 13.0 Å². The number of hydrogen-bond acceptors (Lipinski definition) is 4. The fourth-order valence-corrected chi connectivity index (χ4v) is 1.78. The molecule has 1 amide bonds. The highest BCUT2D eigenvalue weighted by Gasteiger charge is 2.17. The van der Waals surface area contributed by atoms with Gasteiger partial charge in [0.2, 0.25) is 5.91 Å². The van der Waals surface area contributed by atoms with Crippen molar-refractivity contribution >= 4 is 36.4 Å². The van der Waals surface area contributed by atoms with Crippen molar-refractivity contribution in [3.05, 3.63) is 24.0 Å². The molecule has 0 bridgehead atoms. The van der Waals surface area contributed by atoms with Crippen LogP contribution >= 0.6 is 24.8 Å². The molecule has 0 radical (unpaired) electrons. The molecular weight excluding hydrogens is 289 g/mol. The van der Waals surface area contributed by atoms with Crippen molar-refractivity contribution < 1.29 is 9.53 Å². The van der Waals surface area contributed by atoms with Crippen LogP contribution < -0.4 is 10.6 Å². The number of halogens is 2. The Morgan fingerprint density at radius 2 is 2.37 bits per heavy atom. The van der Waals surface area contributed by atoms with Crippen LogP contribution in [0, 0.1) is 6.92 Å². The highest BCUT2D eigenvalue weighted by molar-refractivity contribution is 5.91. The van der Waals surface area contributed by atoms with Crippen molar-refractivity contribution in [1.29, 1.82) is 0 Å². The van der Waals surface area contributed by atoms with E-state index in [-0.39, 0.29) is 36.8 Å². The number of hydrogen-bond donors (Lipinski definition) is 2. The smallest absolute Gasteiger partial charge is 0.227 e. The standard InChI is InChI=1S/C12H17N3O2.2ClH/c1-9-11(3-2-4-14-9)15-12(16)7-10-8-13-5-6-17-10;;/h2-4,10,13H,5-8H2,1H3,(H,15,16);2*1H. The number of nitrogens with zero attached hydrogens (tertiary/aromatic N) is 1. The van der Waals surface area contributed by atoms with Crippen LogP contribution in [0.15, 0.2) is 18.3 Å². The molecule has 0 aliphatic carbocycles. The third-order valence-electron chi connectivity index (χ3n) is 2.70. The van der Waals surface area contributed by atoms with Gasteiger partial charge in [-0.2, -0.15) is 0 Å². The Balaban J connectivity index is 0.00000162. The van der Waals surface area contributed by atoms with Crippen LogP contribution in [0.4, 0.5) is 5.69 Å². The molecule has 0 aromatic carbocycles. The lowest BCUT2D eigenvalue weighted by molar-refractivity contribution is -0.119. The van der Waals surface area contributed by atoms with Gasteiger partial charge in [-0.3, -0.25) is 9.78 Å². The van der Waals surface area contributed by atoms with Crippen LogP contribution in [0.25, 0.3) is 0 Å². The normalized spacial score (nSPS) is 17.8. The van der Waals surface area contributed by atoms with E-state index < -0.39 is 0 Å². The number of amides is 1. The number of morpholine rings is 1. The molecule has 1 aliphatic rings. The minimum atomic E-state index is -0.0326. The average Bonchev–Trinajstić information content (AvgIpc) is 2.33. The molecule has 19 heavy (non-hydrogen) atoms. The van der Waals surface area contributed by atoms with Gasteiger partial charge >= 0.3 is 0 Å². The fourth-order valence-electron chi connectivity index (χ4n) is 1.78. The number of anilines is 1. The lowest BCUT2D eigenvalue weighted by Crippen LogP contribution is -2.40. The Bertz CT molecular complexity index is 398. The van der Waals surface area contributed by atoms with Gasteiger partial charge in [-0.1, -0.05) is 0 Å². The zero-order chi connectivity index (χ0) is 12.1. The topological polar surface area (TPSA) is 63.2 Å². The number of aryl methyl sites for hydroxylation is 1. The van der Waals surface area contributed by atoms with Crippen LogP contribution in [0.5, 0.6) is 0 Å². The van der Waals surface area contributed by atoms with E-state index >= 15 is 0 Å². The third kappa shape index (κ3) is 5.74. The summed E-state index contributed by atoms with van der Waals surface area (Å²) in [6.45, 7) is 4.14. The molecule has 7 heteroatoms. The van der Waals surface area contributed by atoms with Gasteiger partial charge in [0.15, 0.2) is 0 Å². The van der Waals surface area contributed by atoms with Gasteiger partial charge < -0.3 is 15.4 Å². The number of rotatable bonds is 3. The molecule has 1 saturated heterocycles. The molecule has 1 aliphatic heterocycles.